The van der Waals surface area contributed by atoms with Crippen molar-refractivity contribution in [2.75, 3.05) is 37.6 Å². The minimum atomic E-state index is -0.210. The minimum absolute atomic E-state index is 0.0189. The van der Waals surface area contributed by atoms with Gasteiger partial charge in [-0.2, -0.15) is 0 Å². The van der Waals surface area contributed by atoms with Crippen LogP contribution in [-0.2, 0) is 14.4 Å². The third-order valence-electron chi connectivity index (χ3n) is 4.21. The lowest BCUT2D eigenvalue weighted by Gasteiger charge is -2.34. The van der Waals surface area contributed by atoms with Crippen molar-refractivity contribution in [2.24, 2.45) is 0 Å². The summed E-state index contributed by atoms with van der Waals surface area (Å²) in [5, 5.41) is 0.874. The molecule has 0 N–H and O–H groups in total. The summed E-state index contributed by atoms with van der Waals surface area (Å²) in [4.78, 5) is 40.6. The summed E-state index contributed by atoms with van der Waals surface area (Å²) in [6, 6.07) is 4.88. The van der Waals surface area contributed by atoms with Crippen molar-refractivity contribution >= 4 is 46.6 Å². The molecule has 1 saturated heterocycles. The number of hydrogen-bond acceptors (Lipinski definition) is 3. The summed E-state index contributed by atoms with van der Waals surface area (Å²) in [6.45, 7) is 5.27. The predicted molar refractivity (Wildman–Crippen MR) is 97.9 cm³/mol. The van der Waals surface area contributed by atoms with Crippen molar-refractivity contribution in [3.63, 3.8) is 0 Å². The van der Waals surface area contributed by atoms with Gasteiger partial charge in [0.1, 0.15) is 0 Å². The normalized spacial score (nSPS) is 14.4. The van der Waals surface area contributed by atoms with E-state index >= 15 is 0 Å². The van der Waals surface area contributed by atoms with Crippen LogP contribution in [0.5, 0.6) is 0 Å². The second-order valence-corrected chi connectivity index (χ2v) is 6.75. The highest BCUT2D eigenvalue weighted by Crippen LogP contribution is 2.29. The second kappa shape index (κ2) is 8.54. The number of hydrogen-bond donors (Lipinski definition) is 0. The number of rotatable bonds is 4. The number of benzene rings is 1. The molecule has 136 valence electrons. The van der Waals surface area contributed by atoms with Crippen molar-refractivity contribution < 1.29 is 14.4 Å². The Hall–Kier alpha value is -1.79. The van der Waals surface area contributed by atoms with Crippen LogP contribution in [0.3, 0.4) is 0 Å². The van der Waals surface area contributed by atoms with Gasteiger partial charge in [0.2, 0.25) is 17.7 Å². The van der Waals surface area contributed by atoms with Crippen LogP contribution in [0.25, 0.3) is 0 Å². The average Bonchev–Trinajstić information content (AvgIpc) is 2.57. The lowest BCUT2D eigenvalue weighted by atomic mass is 10.2. The van der Waals surface area contributed by atoms with Crippen molar-refractivity contribution in [3.8, 4) is 0 Å². The van der Waals surface area contributed by atoms with Crippen LogP contribution in [0.4, 0.5) is 5.69 Å². The van der Waals surface area contributed by atoms with E-state index < -0.39 is 0 Å². The molecule has 1 heterocycles. The van der Waals surface area contributed by atoms with Crippen LogP contribution in [0.15, 0.2) is 18.2 Å². The molecule has 8 heteroatoms. The lowest BCUT2D eigenvalue weighted by Crippen LogP contribution is -2.50. The first kappa shape index (κ1) is 19.5. The predicted octanol–water partition coefficient (Wildman–Crippen LogP) is 2.43. The topological polar surface area (TPSA) is 60.9 Å². The Morgan fingerprint density at radius 2 is 1.64 bits per heavy atom. The molecule has 0 spiro atoms. The van der Waals surface area contributed by atoms with Gasteiger partial charge in [0, 0.05) is 58.0 Å². The van der Waals surface area contributed by atoms with E-state index in [9.17, 15) is 14.4 Å². The zero-order valence-corrected chi connectivity index (χ0v) is 15.8. The highest BCUT2D eigenvalue weighted by Gasteiger charge is 2.23. The van der Waals surface area contributed by atoms with E-state index in [2.05, 4.69) is 0 Å². The third kappa shape index (κ3) is 5.09. The Morgan fingerprint density at radius 1 is 1.04 bits per heavy atom. The van der Waals surface area contributed by atoms with Gasteiger partial charge in [-0.3, -0.25) is 14.4 Å². The van der Waals surface area contributed by atoms with E-state index in [-0.39, 0.29) is 30.7 Å². The molecule has 1 fully saturated rings. The molecule has 1 aromatic carbocycles. The Bertz CT molecular complexity index is 673. The maximum absolute atomic E-state index is 12.4. The Balaban J connectivity index is 1.97. The average molecular weight is 386 g/mol. The molecule has 0 aromatic heterocycles. The van der Waals surface area contributed by atoms with E-state index in [1.165, 1.54) is 18.7 Å². The molecule has 0 radical (unpaired) electrons. The first-order chi connectivity index (χ1) is 11.8. The van der Waals surface area contributed by atoms with Crippen LogP contribution in [0.2, 0.25) is 10.0 Å². The van der Waals surface area contributed by atoms with E-state index in [1.807, 2.05) is 0 Å². The van der Waals surface area contributed by atoms with Gasteiger partial charge in [-0.05, 0) is 18.2 Å². The zero-order chi connectivity index (χ0) is 18.6. The van der Waals surface area contributed by atoms with Crippen molar-refractivity contribution in [2.45, 2.75) is 20.3 Å². The SMILES string of the molecule is CC(=O)N1CCN(C(=O)CCN(C(C)=O)c2cc(Cl)ccc2Cl)CC1. The van der Waals surface area contributed by atoms with E-state index in [0.29, 0.717) is 41.9 Å². The van der Waals surface area contributed by atoms with Crippen molar-refractivity contribution in [1.29, 1.82) is 0 Å². The third-order valence-corrected chi connectivity index (χ3v) is 4.76. The number of carbonyl (C=O) groups is 3. The van der Waals surface area contributed by atoms with Crippen LogP contribution in [-0.4, -0.2) is 60.2 Å². The molecule has 3 amide bonds. The van der Waals surface area contributed by atoms with Crippen molar-refractivity contribution in [1.82, 2.24) is 9.80 Å². The molecule has 2 rings (SSSR count). The summed E-state index contributed by atoms with van der Waals surface area (Å²) in [5.74, 6) is -0.239. The molecule has 0 saturated carbocycles. The van der Waals surface area contributed by atoms with Crippen LogP contribution >= 0.6 is 23.2 Å². The highest BCUT2D eigenvalue weighted by molar-refractivity contribution is 6.35. The zero-order valence-electron chi connectivity index (χ0n) is 14.3. The van der Waals surface area contributed by atoms with E-state index in [4.69, 9.17) is 23.2 Å². The van der Waals surface area contributed by atoms with Gasteiger partial charge in [-0.25, -0.2) is 0 Å². The number of carbonyl (C=O) groups excluding carboxylic acids is 3. The first-order valence-corrected chi connectivity index (χ1v) is 8.81. The first-order valence-electron chi connectivity index (χ1n) is 8.06. The molecule has 0 aliphatic carbocycles. The number of piperazine rings is 1. The summed E-state index contributed by atoms with van der Waals surface area (Å²) < 4.78 is 0. The highest BCUT2D eigenvalue weighted by atomic mass is 35.5. The summed E-state index contributed by atoms with van der Waals surface area (Å²) in [7, 11) is 0. The maximum Gasteiger partial charge on any atom is 0.224 e. The molecule has 6 nitrogen and oxygen atoms in total. The Morgan fingerprint density at radius 3 is 2.20 bits per heavy atom. The molecule has 1 aliphatic heterocycles. The molecule has 0 bridgehead atoms. The monoisotopic (exact) mass is 385 g/mol. The Kier molecular flexibility index (Phi) is 6.67. The number of amides is 3. The summed E-state index contributed by atoms with van der Waals surface area (Å²) in [6.07, 6.45) is 0.183. The molecule has 1 aliphatic rings. The van der Waals surface area contributed by atoms with Gasteiger partial charge >= 0.3 is 0 Å². The van der Waals surface area contributed by atoms with Crippen LogP contribution < -0.4 is 4.90 Å². The molecular weight excluding hydrogens is 365 g/mol. The van der Waals surface area contributed by atoms with Gasteiger partial charge in [0.25, 0.3) is 0 Å². The van der Waals surface area contributed by atoms with Gasteiger partial charge < -0.3 is 14.7 Å². The largest absolute Gasteiger partial charge is 0.339 e. The molecule has 0 unspecified atom stereocenters. The van der Waals surface area contributed by atoms with Gasteiger partial charge in [-0.15, -0.1) is 0 Å². The number of anilines is 1. The fraction of sp³-hybridized carbons (Fsp3) is 0.471. The maximum atomic E-state index is 12.4. The Labute approximate surface area is 157 Å². The van der Waals surface area contributed by atoms with E-state index in [0.717, 1.165) is 0 Å². The second-order valence-electron chi connectivity index (χ2n) is 5.90. The van der Waals surface area contributed by atoms with Gasteiger partial charge in [0.15, 0.2) is 0 Å². The number of halogens is 2. The smallest absolute Gasteiger partial charge is 0.224 e. The molecular formula is C17H21Cl2N3O3. The fourth-order valence-corrected chi connectivity index (χ4v) is 3.16. The molecule has 1 aromatic rings. The van der Waals surface area contributed by atoms with Crippen molar-refractivity contribution in [3.05, 3.63) is 28.2 Å². The minimum Gasteiger partial charge on any atom is -0.339 e. The quantitative estimate of drug-likeness (QED) is 0.799. The fourth-order valence-electron chi connectivity index (χ4n) is 2.78. The van der Waals surface area contributed by atoms with Crippen LogP contribution in [0, 0.1) is 0 Å². The molecule has 25 heavy (non-hydrogen) atoms. The lowest BCUT2D eigenvalue weighted by molar-refractivity contribution is -0.138. The number of nitrogens with zero attached hydrogens (tertiary/aromatic N) is 3. The summed E-state index contributed by atoms with van der Waals surface area (Å²) >= 11 is 12.1. The van der Waals surface area contributed by atoms with Gasteiger partial charge in [0.05, 0.1) is 10.7 Å². The van der Waals surface area contributed by atoms with Crippen LogP contribution in [0.1, 0.15) is 20.3 Å². The molecule has 0 atom stereocenters. The summed E-state index contributed by atoms with van der Waals surface area (Å²) in [5.41, 5.74) is 0.496. The van der Waals surface area contributed by atoms with Gasteiger partial charge in [-0.1, -0.05) is 23.2 Å². The van der Waals surface area contributed by atoms with E-state index in [1.54, 1.807) is 28.0 Å². The standard InChI is InChI=1S/C17H21Cl2N3O3/c1-12(23)20-7-9-21(10-8-20)17(25)5-6-22(13(2)24)16-11-14(18)3-4-15(16)19/h3-4,11H,5-10H2,1-2H3.